The highest BCUT2D eigenvalue weighted by atomic mass is 16.6. The number of anilines is 1. The quantitative estimate of drug-likeness (QED) is 0.372. The predicted octanol–water partition coefficient (Wildman–Crippen LogP) is 4.17. The number of nitro benzene ring substituents is 1. The number of carbonyl (C=O) groups is 1. The third-order valence-electron chi connectivity index (χ3n) is 4.21. The zero-order valence-corrected chi connectivity index (χ0v) is 15.6. The molecule has 0 aliphatic rings. The normalized spacial score (nSPS) is 10.6. The summed E-state index contributed by atoms with van der Waals surface area (Å²) in [6.07, 6.45) is 1.49. The molecule has 4 aromatic rings. The van der Waals surface area contributed by atoms with E-state index >= 15 is 0 Å². The third-order valence-corrected chi connectivity index (χ3v) is 4.21. The van der Waals surface area contributed by atoms with Crippen LogP contribution in [0.2, 0.25) is 0 Å². The number of furan rings is 1. The standard InChI is InChI=1S/C20H14N4O6/c1-28-16-9-8-12(11-15(16)24(26)27)19(25)21-14-6-3-2-5-13(14)20-22-18(23-30-20)17-7-4-10-29-17/h2-11H,1H3,(H,21,25). The van der Waals surface area contributed by atoms with E-state index in [9.17, 15) is 14.9 Å². The number of ether oxygens (including phenoxy) is 1. The van der Waals surface area contributed by atoms with Gasteiger partial charge in [-0.1, -0.05) is 17.3 Å². The number of methoxy groups -OCH3 is 1. The molecule has 0 saturated carbocycles. The summed E-state index contributed by atoms with van der Waals surface area (Å²) in [7, 11) is 1.32. The molecular formula is C20H14N4O6. The van der Waals surface area contributed by atoms with Crippen molar-refractivity contribution >= 4 is 17.3 Å². The van der Waals surface area contributed by atoms with Gasteiger partial charge in [-0.25, -0.2) is 0 Å². The molecule has 0 aliphatic carbocycles. The van der Waals surface area contributed by atoms with Gasteiger partial charge in [-0.3, -0.25) is 14.9 Å². The summed E-state index contributed by atoms with van der Waals surface area (Å²) >= 11 is 0. The van der Waals surface area contributed by atoms with Gasteiger partial charge in [0.1, 0.15) is 0 Å². The number of para-hydroxylation sites is 1. The van der Waals surface area contributed by atoms with E-state index in [0.29, 0.717) is 17.0 Å². The van der Waals surface area contributed by atoms with Crippen LogP contribution in [0, 0.1) is 10.1 Å². The molecule has 0 saturated heterocycles. The molecule has 0 aliphatic heterocycles. The Balaban J connectivity index is 1.63. The van der Waals surface area contributed by atoms with Crippen molar-refractivity contribution in [2.24, 2.45) is 0 Å². The number of hydrogen-bond acceptors (Lipinski definition) is 8. The van der Waals surface area contributed by atoms with Crippen LogP contribution in [0.1, 0.15) is 10.4 Å². The molecule has 150 valence electrons. The van der Waals surface area contributed by atoms with Gasteiger partial charge in [0.05, 0.1) is 29.5 Å². The SMILES string of the molecule is COc1ccc(C(=O)Nc2ccccc2-c2nc(-c3ccco3)no2)cc1[N+](=O)[O-]. The molecule has 10 heteroatoms. The Hall–Kier alpha value is -4.47. The van der Waals surface area contributed by atoms with Crippen LogP contribution in [0.4, 0.5) is 11.4 Å². The van der Waals surface area contributed by atoms with Crippen molar-refractivity contribution in [2.45, 2.75) is 0 Å². The van der Waals surface area contributed by atoms with Crippen LogP contribution in [0.5, 0.6) is 5.75 Å². The van der Waals surface area contributed by atoms with Crippen molar-refractivity contribution in [3.63, 3.8) is 0 Å². The van der Waals surface area contributed by atoms with Crippen LogP contribution in [-0.4, -0.2) is 28.1 Å². The number of rotatable bonds is 6. The number of nitro groups is 1. The third kappa shape index (κ3) is 3.61. The number of aromatic nitrogens is 2. The monoisotopic (exact) mass is 406 g/mol. The van der Waals surface area contributed by atoms with Gasteiger partial charge in [-0.2, -0.15) is 4.98 Å². The molecule has 10 nitrogen and oxygen atoms in total. The number of hydrogen-bond donors (Lipinski definition) is 1. The van der Waals surface area contributed by atoms with Crippen LogP contribution >= 0.6 is 0 Å². The van der Waals surface area contributed by atoms with Gasteiger partial charge in [0.2, 0.25) is 5.82 Å². The van der Waals surface area contributed by atoms with Crippen molar-refractivity contribution in [1.29, 1.82) is 0 Å². The summed E-state index contributed by atoms with van der Waals surface area (Å²) in [5.74, 6) is 0.407. The van der Waals surface area contributed by atoms with Crippen molar-refractivity contribution in [3.05, 3.63) is 76.5 Å². The second-order valence-electron chi connectivity index (χ2n) is 6.04. The van der Waals surface area contributed by atoms with Gasteiger partial charge in [-0.05, 0) is 36.4 Å². The van der Waals surface area contributed by atoms with Crippen molar-refractivity contribution < 1.29 is 23.4 Å². The lowest BCUT2D eigenvalue weighted by molar-refractivity contribution is -0.385. The Morgan fingerprint density at radius 2 is 2.00 bits per heavy atom. The molecular weight excluding hydrogens is 392 g/mol. The average Bonchev–Trinajstić information content (AvgIpc) is 3.45. The number of amides is 1. The van der Waals surface area contributed by atoms with E-state index in [-0.39, 0.29) is 28.7 Å². The molecule has 0 fully saturated rings. The fourth-order valence-corrected chi connectivity index (χ4v) is 2.79. The van der Waals surface area contributed by atoms with Crippen LogP contribution < -0.4 is 10.1 Å². The van der Waals surface area contributed by atoms with Crippen LogP contribution in [0.15, 0.2) is 69.8 Å². The maximum atomic E-state index is 12.7. The van der Waals surface area contributed by atoms with Crippen LogP contribution in [-0.2, 0) is 0 Å². The van der Waals surface area contributed by atoms with E-state index in [1.165, 1.54) is 25.5 Å². The summed E-state index contributed by atoms with van der Waals surface area (Å²) in [5, 5.41) is 17.8. The number of carbonyl (C=O) groups excluding carboxylic acids is 1. The Morgan fingerprint density at radius 1 is 1.17 bits per heavy atom. The lowest BCUT2D eigenvalue weighted by atomic mass is 10.1. The zero-order valence-electron chi connectivity index (χ0n) is 15.6. The topological polar surface area (TPSA) is 134 Å². The minimum atomic E-state index is -0.613. The van der Waals surface area contributed by atoms with Crippen molar-refractivity contribution in [3.8, 4) is 28.8 Å². The Kier molecular flexibility index (Phi) is 4.95. The zero-order chi connectivity index (χ0) is 21.1. The van der Waals surface area contributed by atoms with Gasteiger partial charge >= 0.3 is 5.69 Å². The lowest BCUT2D eigenvalue weighted by Gasteiger charge is -2.09. The maximum Gasteiger partial charge on any atom is 0.311 e. The molecule has 1 N–H and O–H groups in total. The highest BCUT2D eigenvalue weighted by molar-refractivity contribution is 6.06. The molecule has 2 heterocycles. The average molecular weight is 406 g/mol. The van der Waals surface area contributed by atoms with Crippen molar-refractivity contribution in [2.75, 3.05) is 12.4 Å². The first kappa shape index (κ1) is 18.9. The Morgan fingerprint density at radius 3 is 2.73 bits per heavy atom. The lowest BCUT2D eigenvalue weighted by Crippen LogP contribution is -2.13. The minimum absolute atomic E-state index is 0.0632. The molecule has 2 aromatic heterocycles. The van der Waals surface area contributed by atoms with E-state index < -0.39 is 10.8 Å². The van der Waals surface area contributed by atoms with Gasteiger partial charge in [0.25, 0.3) is 11.8 Å². The van der Waals surface area contributed by atoms with E-state index in [0.717, 1.165) is 6.07 Å². The summed E-state index contributed by atoms with van der Waals surface area (Å²) in [6.45, 7) is 0. The summed E-state index contributed by atoms with van der Waals surface area (Å²) in [6, 6.07) is 14.2. The first-order valence-corrected chi connectivity index (χ1v) is 8.67. The van der Waals surface area contributed by atoms with E-state index in [1.807, 2.05) is 0 Å². The van der Waals surface area contributed by atoms with Crippen molar-refractivity contribution in [1.82, 2.24) is 10.1 Å². The molecule has 0 radical (unpaired) electrons. The van der Waals surface area contributed by atoms with Crippen LogP contribution in [0.3, 0.4) is 0 Å². The number of nitrogens with zero attached hydrogens (tertiary/aromatic N) is 3. The fourth-order valence-electron chi connectivity index (χ4n) is 2.79. The largest absolute Gasteiger partial charge is 0.490 e. The second-order valence-corrected chi connectivity index (χ2v) is 6.04. The molecule has 0 unspecified atom stereocenters. The predicted molar refractivity (Wildman–Crippen MR) is 105 cm³/mol. The Labute approximate surface area is 169 Å². The molecule has 2 aromatic carbocycles. The molecule has 4 rings (SSSR count). The fraction of sp³-hybridized carbons (Fsp3) is 0.0500. The van der Waals surface area contributed by atoms with E-state index in [4.69, 9.17) is 13.7 Å². The highest BCUT2D eigenvalue weighted by Gasteiger charge is 2.20. The smallest absolute Gasteiger partial charge is 0.311 e. The van der Waals surface area contributed by atoms with Gasteiger partial charge in [0, 0.05) is 11.6 Å². The van der Waals surface area contributed by atoms with E-state index in [2.05, 4.69) is 15.5 Å². The molecule has 1 amide bonds. The molecule has 0 atom stereocenters. The number of benzene rings is 2. The molecule has 30 heavy (non-hydrogen) atoms. The second kappa shape index (κ2) is 7.87. The highest BCUT2D eigenvalue weighted by Crippen LogP contribution is 2.30. The van der Waals surface area contributed by atoms with Gasteiger partial charge in [0.15, 0.2) is 11.5 Å². The first-order valence-electron chi connectivity index (χ1n) is 8.67. The minimum Gasteiger partial charge on any atom is -0.490 e. The summed E-state index contributed by atoms with van der Waals surface area (Å²) < 4.78 is 15.5. The first-order chi connectivity index (χ1) is 14.6. The molecule has 0 bridgehead atoms. The number of nitrogens with one attached hydrogen (secondary N) is 1. The maximum absolute atomic E-state index is 12.7. The van der Waals surface area contributed by atoms with Gasteiger partial charge < -0.3 is 19.0 Å². The summed E-state index contributed by atoms with van der Waals surface area (Å²) in [4.78, 5) is 27.6. The summed E-state index contributed by atoms with van der Waals surface area (Å²) in [5.41, 5.74) is 0.673. The Bertz CT molecular complexity index is 1220. The van der Waals surface area contributed by atoms with Gasteiger partial charge in [-0.15, -0.1) is 0 Å². The van der Waals surface area contributed by atoms with E-state index in [1.54, 1.807) is 36.4 Å². The van der Waals surface area contributed by atoms with Crippen LogP contribution in [0.25, 0.3) is 23.0 Å². The molecule has 0 spiro atoms.